The van der Waals surface area contributed by atoms with Gasteiger partial charge in [0.2, 0.25) is 0 Å². The highest BCUT2D eigenvalue weighted by molar-refractivity contribution is 8.03. The van der Waals surface area contributed by atoms with Crippen LogP contribution in [-0.4, -0.2) is 23.6 Å². The van der Waals surface area contributed by atoms with Crippen molar-refractivity contribution in [3.8, 4) is 5.40 Å². The monoisotopic (exact) mass is 345 g/mol. The number of thiocyanates is 1. The molecule has 0 saturated carbocycles. The first-order chi connectivity index (χ1) is 11.4. The molecular weight excluding hydrogens is 330 g/mol. The summed E-state index contributed by atoms with van der Waals surface area (Å²) in [6.07, 6.45) is 0. The molecule has 1 aromatic heterocycles. The minimum atomic E-state index is -0.654. The van der Waals surface area contributed by atoms with Gasteiger partial charge >= 0.3 is 5.97 Å². The fourth-order valence-corrected chi connectivity index (χ4v) is 2.53. The van der Waals surface area contributed by atoms with Gasteiger partial charge in [0.25, 0.3) is 5.91 Å². The van der Waals surface area contributed by atoms with Gasteiger partial charge in [-0.05, 0) is 56.3 Å². The molecule has 1 heterocycles. The molecule has 8 heteroatoms. The van der Waals surface area contributed by atoms with Gasteiger partial charge in [-0.1, -0.05) is 5.16 Å². The van der Waals surface area contributed by atoms with Gasteiger partial charge in [-0.15, -0.1) is 0 Å². The Morgan fingerprint density at radius 1 is 1.38 bits per heavy atom. The molecule has 0 aliphatic heterocycles. The van der Waals surface area contributed by atoms with Crippen molar-refractivity contribution in [2.24, 2.45) is 0 Å². The zero-order valence-corrected chi connectivity index (χ0v) is 14.2. The van der Waals surface area contributed by atoms with Crippen molar-refractivity contribution in [2.75, 3.05) is 11.9 Å². The summed E-state index contributed by atoms with van der Waals surface area (Å²) in [5.74, 6) is -0.767. The van der Waals surface area contributed by atoms with Gasteiger partial charge in [0.1, 0.15) is 16.7 Å². The quantitative estimate of drug-likeness (QED) is 0.504. The summed E-state index contributed by atoms with van der Waals surface area (Å²) < 4.78 is 9.88. The van der Waals surface area contributed by atoms with E-state index in [1.807, 2.05) is 12.3 Å². The molecule has 0 spiro atoms. The molecule has 0 aliphatic rings. The zero-order valence-electron chi connectivity index (χ0n) is 13.4. The summed E-state index contributed by atoms with van der Waals surface area (Å²) in [7, 11) is 0. The molecule has 0 atom stereocenters. The van der Waals surface area contributed by atoms with Gasteiger partial charge in [0.15, 0.2) is 6.61 Å². The third-order valence-electron chi connectivity index (χ3n) is 3.21. The molecule has 124 valence electrons. The average Bonchev–Trinajstić information content (AvgIpc) is 2.87. The van der Waals surface area contributed by atoms with Crippen LogP contribution in [0, 0.1) is 31.4 Å². The van der Waals surface area contributed by atoms with Crippen LogP contribution >= 0.6 is 11.8 Å². The van der Waals surface area contributed by atoms with E-state index in [9.17, 15) is 9.59 Å². The number of benzene rings is 1. The van der Waals surface area contributed by atoms with E-state index in [2.05, 4.69) is 10.5 Å². The summed E-state index contributed by atoms with van der Waals surface area (Å²) in [4.78, 5) is 24.7. The number of carbonyl (C=O) groups excluding carboxylic acids is 2. The molecule has 0 saturated heterocycles. The lowest BCUT2D eigenvalue weighted by Gasteiger charge is -2.09. The number of aromatic nitrogens is 1. The Labute approximate surface area is 143 Å². The molecule has 24 heavy (non-hydrogen) atoms. The van der Waals surface area contributed by atoms with Crippen molar-refractivity contribution < 1.29 is 18.8 Å². The number of ether oxygens (including phenoxy) is 1. The Bertz CT molecular complexity index is 804. The van der Waals surface area contributed by atoms with Crippen LogP contribution < -0.4 is 5.32 Å². The number of nitriles is 1. The highest BCUT2D eigenvalue weighted by atomic mass is 32.2. The number of anilines is 1. The molecular formula is C16H15N3O4S. The number of thioether (sulfide) groups is 1. The lowest BCUT2D eigenvalue weighted by atomic mass is 10.2. The van der Waals surface area contributed by atoms with Crippen LogP contribution in [0.1, 0.15) is 27.4 Å². The topological polar surface area (TPSA) is 105 Å². The SMILES string of the molecule is Cc1cc(SC#N)ccc1NC(=O)COC(=O)c1c(C)noc1C. The molecule has 2 rings (SSSR count). The molecule has 0 bridgehead atoms. The smallest absolute Gasteiger partial charge is 0.344 e. The largest absolute Gasteiger partial charge is 0.452 e. The first-order valence-electron chi connectivity index (χ1n) is 6.98. The number of nitrogens with one attached hydrogen (secondary N) is 1. The summed E-state index contributed by atoms with van der Waals surface area (Å²) >= 11 is 1.04. The van der Waals surface area contributed by atoms with Crippen molar-refractivity contribution >= 4 is 29.3 Å². The first kappa shape index (κ1) is 17.6. The maximum Gasteiger partial charge on any atom is 0.344 e. The third-order valence-corrected chi connectivity index (χ3v) is 3.79. The van der Waals surface area contributed by atoms with E-state index >= 15 is 0 Å². The number of amides is 1. The summed E-state index contributed by atoms with van der Waals surface area (Å²) in [5.41, 5.74) is 2.05. The number of nitrogens with zero attached hydrogens (tertiary/aromatic N) is 2. The van der Waals surface area contributed by atoms with E-state index in [4.69, 9.17) is 14.5 Å². The highest BCUT2D eigenvalue weighted by Crippen LogP contribution is 2.23. The van der Waals surface area contributed by atoms with Crippen molar-refractivity contribution in [3.63, 3.8) is 0 Å². The highest BCUT2D eigenvalue weighted by Gasteiger charge is 2.20. The normalized spacial score (nSPS) is 10.1. The second-order valence-corrected chi connectivity index (χ2v) is 5.85. The van der Waals surface area contributed by atoms with Crippen molar-refractivity contribution in [1.82, 2.24) is 5.16 Å². The average molecular weight is 345 g/mol. The lowest BCUT2D eigenvalue weighted by Crippen LogP contribution is -2.21. The number of rotatable bonds is 5. The minimum Gasteiger partial charge on any atom is -0.452 e. The standard InChI is InChI=1S/C16H15N3O4S/c1-9-6-12(24-8-17)4-5-13(9)18-14(20)7-22-16(21)15-10(2)19-23-11(15)3/h4-6H,7H2,1-3H3,(H,18,20). The molecule has 2 aromatic rings. The Morgan fingerprint density at radius 2 is 2.12 bits per heavy atom. The number of aryl methyl sites for hydroxylation is 3. The van der Waals surface area contributed by atoms with E-state index in [1.165, 1.54) is 0 Å². The molecule has 0 fully saturated rings. The van der Waals surface area contributed by atoms with E-state index in [0.717, 1.165) is 22.2 Å². The Balaban J connectivity index is 1.94. The van der Waals surface area contributed by atoms with Crippen LogP contribution in [-0.2, 0) is 9.53 Å². The van der Waals surface area contributed by atoms with Gasteiger partial charge in [-0.25, -0.2) is 4.79 Å². The number of carbonyl (C=O) groups is 2. The predicted octanol–water partition coefficient (Wildman–Crippen LogP) is 2.97. The fourth-order valence-electron chi connectivity index (χ4n) is 2.06. The van der Waals surface area contributed by atoms with Gasteiger partial charge < -0.3 is 14.6 Å². The zero-order chi connectivity index (χ0) is 17.7. The minimum absolute atomic E-state index is 0.233. The van der Waals surface area contributed by atoms with Crippen molar-refractivity contribution in [1.29, 1.82) is 5.26 Å². The summed E-state index contributed by atoms with van der Waals surface area (Å²) in [6.45, 7) is 4.61. The number of esters is 1. The molecule has 0 aliphatic carbocycles. The van der Waals surface area contributed by atoms with Crippen LogP contribution in [0.5, 0.6) is 0 Å². The second kappa shape index (κ2) is 7.66. The van der Waals surface area contributed by atoms with Gasteiger partial charge in [0.05, 0.1) is 5.69 Å². The summed E-state index contributed by atoms with van der Waals surface area (Å²) in [6, 6.07) is 5.22. The molecule has 1 amide bonds. The van der Waals surface area contributed by atoms with E-state index in [1.54, 1.807) is 32.0 Å². The van der Waals surface area contributed by atoms with Crippen LogP contribution in [0.4, 0.5) is 5.69 Å². The predicted molar refractivity (Wildman–Crippen MR) is 87.5 cm³/mol. The Morgan fingerprint density at radius 3 is 2.71 bits per heavy atom. The van der Waals surface area contributed by atoms with Gasteiger partial charge in [-0.2, -0.15) is 5.26 Å². The third kappa shape index (κ3) is 4.14. The van der Waals surface area contributed by atoms with Gasteiger partial charge in [0, 0.05) is 10.6 Å². The maximum atomic E-state index is 12.0. The van der Waals surface area contributed by atoms with Gasteiger partial charge in [-0.3, -0.25) is 4.79 Å². The van der Waals surface area contributed by atoms with E-state index in [-0.39, 0.29) is 5.56 Å². The molecule has 1 aromatic carbocycles. The van der Waals surface area contributed by atoms with Crippen LogP contribution in [0.2, 0.25) is 0 Å². The van der Waals surface area contributed by atoms with Crippen molar-refractivity contribution in [2.45, 2.75) is 25.7 Å². The second-order valence-electron chi connectivity index (χ2n) is 4.99. The summed E-state index contributed by atoms with van der Waals surface area (Å²) in [5, 5.41) is 17.0. The lowest BCUT2D eigenvalue weighted by molar-refractivity contribution is -0.119. The van der Waals surface area contributed by atoms with Crippen molar-refractivity contribution in [3.05, 3.63) is 40.8 Å². The molecule has 7 nitrogen and oxygen atoms in total. The maximum absolute atomic E-state index is 12.0. The number of hydrogen-bond acceptors (Lipinski definition) is 7. The Kier molecular flexibility index (Phi) is 5.60. The Hall–Kier alpha value is -2.79. The first-order valence-corrected chi connectivity index (χ1v) is 7.80. The molecule has 0 radical (unpaired) electrons. The van der Waals surface area contributed by atoms with Crippen LogP contribution in [0.15, 0.2) is 27.6 Å². The van der Waals surface area contributed by atoms with E-state index < -0.39 is 18.5 Å². The van der Waals surface area contributed by atoms with Crippen LogP contribution in [0.25, 0.3) is 0 Å². The number of hydrogen-bond donors (Lipinski definition) is 1. The van der Waals surface area contributed by atoms with E-state index in [0.29, 0.717) is 17.1 Å². The fraction of sp³-hybridized carbons (Fsp3) is 0.250. The molecule has 1 N–H and O–H groups in total. The molecule has 0 unspecified atom stereocenters. The van der Waals surface area contributed by atoms with Crippen LogP contribution in [0.3, 0.4) is 0 Å².